The maximum absolute atomic E-state index is 12.0. The van der Waals surface area contributed by atoms with Crippen molar-refractivity contribution in [2.75, 3.05) is 18.1 Å². The van der Waals surface area contributed by atoms with Crippen molar-refractivity contribution in [2.45, 2.75) is 45.1 Å². The van der Waals surface area contributed by atoms with Gasteiger partial charge in [0, 0.05) is 17.8 Å². The molecule has 4 N–H and O–H groups in total. The topological polar surface area (TPSA) is 109 Å². The zero-order valence-corrected chi connectivity index (χ0v) is 16.0. The molecule has 0 amide bonds. The summed E-state index contributed by atoms with van der Waals surface area (Å²) in [6.07, 6.45) is 9.62. The minimum Gasteiger partial charge on any atom is -0.462 e. The summed E-state index contributed by atoms with van der Waals surface area (Å²) < 4.78 is 7.29. The molecule has 0 bridgehead atoms. The van der Waals surface area contributed by atoms with Gasteiger partial charge in [0.15, 0.2) is 0 Å². The van der Waals surface area contributed by atoms with Crippen LogP contribution in [0.5, 0.6) is 0 Å². The lowest BCUT2D eigenvalue weighted by molar-refractivity contribution is 0.0527. The van der Waals surface area contributed by atoms with Crippen LogP contribution in [0.2, 0.25) is 0 Å². The summed E-state index contributed by atoms with van der Waals surface area (Å²) in [4.78, 5) is 20.9. The molecule has 28 heavy (non-hydrogen) atoms. The molecule has 0 spiro atoms. The maximum atomic E-state index is 12.0. The van der Waals surface area contributed by atoms with Crippen molar-refractivity contribution in [1.82, 2.24) is 14.5 Å². The predicted molar refractivity (Wildman–Crippen MR) is 110 cm³/mol. The van der Waals surface area contributed by atoms with Crippen molar-refractivity contribution in [3.63, 3.8) is 0 Å². The van der Waals surface area contributed by atoms with E-state index < -0.39 is 5.97 Å². The molecule has 7 heteroatoms. The number of rotatable bonds is 4. The standard InChI is InChI=1S/C21H25N5O2/c1-2-28-21(27)15-11-24-20(19(23)18(15)22)13-8-9-17-16(10-13)25-12-26(17)14-6-4-3-5-7-14/h8-12,14H,2-7,23H2,1H3,(H2,22,24). The van der Waals surface area contributed by atoms with E-state index in [0.717, 1.165) is 16.6 Å². The Morgan fingerprint density at radius 3 is 2.71 bits per heavy atom. The third kappa shape index (κ3) is 3.17. The average molecular weight is 379 g/mol. The number of carbonyl (C=O) groups excluding carboxylic acids is 1. The summed E-state index contributed by atoms with van der Waals surface area (Å²) in [5.74, 6) is -0.521. The van der Waals surface area contributed by atoms with E-state index in [-0.39, 0.29) is 23.5 Å². The van der Waals surface area contributed by atoms with E-state index in [0.29, 0.717) is 11.7 Å². The molecule has 1 fully saturated rings. The SMILES string of the molecule is CCOC(=O)c1cnc(-c2ccc3c(c2)ncn3C2CCCCC2)c(N)c1N. The maximum Gasteiger partial charge on any atom is 0.341 e. The molecule has 7 nitrogen and oxygen atoms in total. The second kappa shape index (κ2) is 7.50. The van der Waals surface area contributed by atoms with E-state index in [1.165, 1.54) is 38.3 Å². The highest BCUT2D eigenvalue weighted by Gasteiger charge is 2.20. The van der Waals surface area contributed by atoms with Crippen LogP contribution in [0, 0.1) is 0 Å². The number of nitrogen functional groups attached to an aromatic ring is 2. The second-order valence-electron chi connectivity index (χ2n) is 7.22. The Morgan fingerprint density at radius 2 is 1.96 bits per heavy atom. The van der Waals surface area contributed by atoms with Crippen LogP contribution in [-0.4, -0.2) is 27.1 Å². The molecule has 0 aliphatic heterocycles. The first kappa shape index (κ1) is 18.3. The van der Waals surface area contributed by atoms with Crippen molar-refractivity contribution in [1.29, 1.82) is 0 Å². The Balaban J connectivity index is 1.70. The molecule has 2 heterocycles. The van der Waals surface area contributed by atoms with Crippen molar-refractivity contribution >= 4 is 28.4 Å². The van der Waals surface area contributed by atoms with Crippen molar-refractivity contribution in [2.24, 2.45) is 0 Å². The van der Waals surface area contributed by atoms with Crippen LogP contribution in [0.1, 0.15) is 55.4 Å². The lowest BCUT2D eigenvalue weighted by Gasteiger charge is -2.23. The number of nitrogens with zero attached hydrogens (tertiary/aromatic N) is 3. The van der Waals surface area contributed by atoms with E-state index in [4.69, 9.17) is 16.2 Å². The van der Waals surface area contributed by atoms with E-state index in [9.17, 15) is 4.79 Å². The highest BCUT2D eigenvalue weighted by atomic mass is 16.5. The van der Waals surface area contributed by atoms with Gasteiger partial charge in [-0.2, -0.15) is 0 Å². The quantitative estimate of drug-likeness (QED) is 0.665. The highest BCUT2D eigenvalue weighted by Crippen LogP contribution is 2.34. The second-order valence-corrected chi connectivity index (χ2v) is 7.22. The molecule has 0 unspecified atom stereocenters. The van der Waals surface area contributed by atoms with Crippen molar-refractivity contribution < 1.29 is 9.53 Å². The third-order valence-corrected chi connectivity index (χ3v) is 5.47. The summed E-state index contributed by atoms with van der Waals surface area (Å²) in [5.41, 5.74) is 16.3. The molecule has 1 aromatic carbocycles. The van der Waals surface area contributed by atoms with E-state index in [2.05, 4.69) is 20.6 Å². The van der Waals surface area contributed by atoms with Crippen LogP contribution in [-0.2, 0) is 4.74 Å². The molecule has 0 atom stereocenters. The number of hydrogen-bond acceptors (Lipinski definition) is 6. The minimum atomic E-state index is -0.521. The summed E-state index contributed by atoms with van der Waals surface area (Å²) in [7, 11) is 0. The Kier molecular flexibility index (Phi) is 4.90. The molecule has 2 aromatic heterocycles. The first-order valence-corrected chi connectivity index (χ1v) is 9.78. The van der Waals surface area contributed by atoms with Crippen LogP contribution >= 0.6 is 0 Å². The third-order valence-electron chi connectivity index (χ3n) is 5.47. The van der Waals surface area contributed by atoms with Gasteiger partial charge in [-0.3, -0.25) is 4.98 Å². The van der Waals surface area contributed by atoms with Gasteiger partial charge in [0.25, 0.3) is 0 Å². The molecule has 1 saturated carbocycles. The number of hydrogen-bond donors (Lipinski definition) is 2. The van der Waals surface area contributed by atoms with Gasteiger partial charge in [-0.05, 0) is 31.9 Å². The Hall–Kier alpha value is -3.09. The van der Waals surface area contributed by atoms with Crippen LogP contribution in [0.15, 0.2) is 30.7 Å². The fraction of sp³-hybridized carbons (Fsp3) is 0.381. The van der Waals surface area contributed by atoms with Gasteiger partial charge < -0.3 is 20.8 Å². The van der Waals surface area contributed by atoms with Gasteiger partial charge in [-0.15, -0.1) is 0 Å². The van der Waals surface area contributed by atoms with Gasteiger partial charge in [-0.1, -0.05) is 25.3 Å². The number of anilines is 2. The molecule has 1 aliphatic carbocycles. The lowest BCUT2D eigenvalue weighted by Crippen LogP contribution is -2.12. The molecule has 0 radical (unpaired) electrons. The van der Waals surface area contributed by atoms with E-state index >= 15 is 0 Å². The number of fused-ring (bicyclic) bond motifs is 1. The number of imidazole rings is 1. The molecule has 3 aromatic rings. The Labute approximate surface area is 163 Å². The molecule has 1 aliphatic rings. The molecule has 0 saturated heterocycles. The number of nitrogens with two attached hydrogens (primary N) is 2. The van der Waals surface area contributed by atoms with Crippen LogP contribution in [0.25, 0.3) is 22.3 Å². The summed E-state index contributed by atoms with van der Waals surface area (Å²) in [6.45, 7) is 2.00. The molecular formula is C21H25N5O2. The fourth-order valence-electron chi connectivity index (χ4n) is 3.97. The van der Waals surface area contributed by atoms with Crippen molar-refractivity contribution in [3.05, 3.63) is 36.3 Å². The zero-order chi connectivity index (χ0) is 19.7. The fourth-order valence-corrected chi connectivity index (χ4v) is 3.97. The monoisotopic (exact) mass is 379 g/mol. The average Bonchev–Trinajstić information content (AvgIpc) is 3.14. The first-order chi connectivity index (χ1) is 13.6. The normalized spacial score (nSPS) is 15.0. The largest absolute Gasteiger partial charge is 0.462 e. The number of ether oxygens (including phenoxy) is 1. The van der Waals surface area contributed by atoms with Crippen LogP contribution in [0.3, 0.4) is 0 Å². The number of esters is 1. The molecule has 146 valence electrons. The first-order valence-electron chi connectivity index (χ1n) is 9.78. The highest BCUT2D eigenvalue weighted by molar-refractivity contribution is 6.00. The van der Waals surface area contributed by atoms with Crippen LogP contribution < -0.4 is 11.5 Å². The minimum absolute atomic E-state index is 0.186. The summed E-state index contributed by atoms with van der Waals surface area (Å²) >= 11 is 0. The number of carbonyl (C=O) groups is 1. The lowest BCUT2D eigenvalue weighted by atomic mass is 9.95. The van der Waals surface area contributed by atoms with Crippen molar-refractivity contribution in [3.8, 4) is 11.3 Å². The smallest absolute Gasteiger partial charge is 0.341 e. The molecule has 4 rings (SSSR count). The van der Waals surface area contributed by atoms with Gasteiger partial charge in [0.2, 0.25) is 0 Å². The summed E-state index contributed by atoms with van der Waals surface area (Å²) in [5, 5.41) is 0. The number of pyridine rings is 1. The number of benzene rings is 1. The number of aromatic nitrogens is 3. The Morgan fingerprint density at radius 1 is 1.18 bits per heavy atom. The predicted octanol–water partition coefficient (Wildman–Crippen LogP) is 3.94. The van der Waals surface area contributed by atoms with Crippen LogP contribution in [0.4, 0.5) is 11.4 Å². The van der Waals surface area contributed by atoms with Gasteiger partial charge >= 0.3 is 5.97 Å². The van der Waals surface area contributed by atoms with E-state index in [1.807, 2.05) is 18.5 Å². The van der Waals surface area contributed by atoms with Gasteiger partial charge in [-0.25, -0.2) is 9.78 Å². The van der Waals surface area contributed by atoms with Gasteiger partial charge in [0.1, 0.15) is 5.56 Å². The van der Waals surface area contributed by atoms with Gasteiger partial charge in [0.05, 0.1) is 41.0 Å². The zero-order valence-electron chi connectivity index (χ0n) is 16.0. The molecular weight excluding hydrogens is 354 g/mol. The van der Waals surface area contributed by atoms with E-state index in [1.54, 1.807) is 6.92 Å². The summed E-state index contributed by atoms with van der Waals surface area (Å²) in [6, 6.07) is 6.53. The Bertz CT molecular complexity index is 1020.